The van der Waals surface area contributed by atoms with E-state index < -0.39 is 6.10 Å². The number of hydrogen-bond acceptors (Lipinski definition) is 5. The van der Waals surface area contributed by atoms with Crippen LogP contribution in [0.5, 0.6) is 17.2 Å². The molecule has 6 heteroatoms. The molecule has 0 fully saturated rings. The molecule has 0 aliphatic carbocycles. The zero-order chi connectivity index (χ0) is 14.7. The van der Waals surface area contributed by atoms with Crippen molar-refractivity contribution in [2.45, 2.75) is 6.10 Å². The molecule has 0 aliphatic heterocycles. The van der Waals surface area contributed by atoms with E-state index in [2.05, 4.69) is 4.98 Å². The predicted octanol–water partition coefficient (Wildman–Crippen LogP) is 1.53. The molecule has 0 aliphatic rings. The first-order chi connectivity index (χ1) is 9.62. The standard InChI is InChI=1S/C14H18N2O4/c1-16-6-5-15-14(16)13(17)9-7-11(19-3)12(20-4)8-10(9)18-2/h5-8,13,17H,1-4H3. The monoisotopic (exact) mass is 278 g/mol. The zero-order valence-corrected chi connectivity index (χ0v) is 12.0. The van der Waals surface area contributed by atoms with E-state index in [0.717, 1.165) is 0 Å². The van der Waals surface area contributed by atoms with Gasteiger partial charge in [0.2, 0.25) is 0 Å². The molecule has 6 nitrogen and oxygen atoms in total. The molecule has 0 radical (unpaired) electrons. The first-order valence-corrected chi connectivity index (χ1v) is 6.07. The molecule has 1 heterocycles. The Kier molecular flexibility index (Phi) is 4.14. The summed E-state index contributed by atoms with van der Waals surface area (Å²) in [5.41, 5.74) is 0.569. The summed E-state index contributed by atoms with van der Waals surface area (Å²) in [6, 6.07) is 3.37. The number of rotatable bonds is 5. The number of benzene rings is 1. The number of aromatic nitrogens is 2. The minimum atomic E-state index is -0.912. The number of ether oxygens (including phenoxy) is 3. The number of nitrogens with zero attached hydrogens (tertiary/aromatic N) is 2. The molecule has 0 spiro atoms. The van der Waals surface area contributed by atoms with Crippen molar-refractivity contribution in [2.24, 2.45) is 7.05 Å². The fraction of sp³-hybridized carbons (Fsp3) is 0.357. The molecule has 108 valence electrons. The van der Waals surface area contributed by atoms with Crippen molar-refractivity contribution in [3.8, 4) is 17.2 Å². The molecule has 0 amide bonds. The van der Waals surface area contributed by atoms with Crippen molar-refractivity contribution in [2.75, 3.05) is 21.3 Å². The molecule has 0 saturated carbocycles. The molecule has 20 heavy (non-hydrogen) atoms. The van der Waals surface area contributed by atoms with Gasteiger partial charge >= 0.3 is 0 Å². The lowest BCUT2D eigenvalue weighted by Gasteiger charge is -2.17. The Balaban J connectivity index is 2.52. The highest BCUT2D eigenvalue weighted by Crippen LogP contribution is 2.38. The van der Waals surface area contributed by atoms with E-state index in [-0.39, 0.29) is 0 Å². The van der Waals surface area contributed by atoms with Crippen molar-refractivity contribution >= 4 is 0 Å². The summed E-state index contributed by atoms with van der Waals surface area (Å²) >= 11 is 0. The highest BCUT2D eigenvalue weighted by Gasteiger charge is 2.22. The van der Waals surface area contributed by atoms with Crippen molar-refractivity contribution < 1.29 is 19.3 Å². The van der Waals surface area contributed by atoms with E-state index in [4.69, 9.17) is 14.2 Å². The summed E-state index contributed by atoms with van der Waals surface area (Å²) in [6.07, 6.45) is 2.49. The van der Waals surface area contributed by atoms with Crippen LogP contribution in [0, 0.1) is 0 Å². The fourth-order valence-electron chi connectivity index (χ4n) is 2.05. The lowest BCUT2D eigenvalue weighted by molar-refractivity contribution is 0.200. The van der Waals surface area contributed by atoms with Crippen LogP contribution in [0.4, 0.5) is 0 Å². The van der Waals surface area contributed by atoms with Crippen LogP contribution in [-0.4, -0.2) is 36.0 Å². The summed E-state index contributed by atoms with van der Waals surface area (Å²) in [6.45, 7) is 0. The highest BCUT2D eigenvalue weighted by atomic mass is 16.5. The van der Waals surface area contributed by atoms with Crippen LogP contribution in [0.3, 0.4) is 0 Å². The van der Waals surface area contributed by atoms with Crippen LogP contribution in [0.2, 0.25) is 0 Å². The van der Waals surface area contributed by atoms with Gasteiger partial charge in [-0.2, -0.15) is 0 Å². The van der Waals surface area contributed by atoms with Crippen LogP contribution in [0.1, 0.15) is 17.5 Å². The van der Waals surface area contributed by atoms with Gasteiger partial charge < -0.3 is 23.9 Å². The molecule has 0 bridgehead atoms. The summed E-state index contributed by atoms with van der Waals surface area (Å²) in [5, 5.41) is 10.5. The summed E-state index contributed by atoms with van der Waals surface area (Å²) in [4.78, 5) is 4.15. The third-order valence-corrected chi connectivity index (χ3v) is 3.13. The van der Waals surface area contributed by atoms with Gasteiger partial charge in [0.15, 0.2) is 11.5 Å². The molecule has 1 N–H and O–H groups in total. The second kappa shape index (κ2) is 5.83. The normalized spacial score (nSPS) is 12.1. The summed E-state index contributed by atoms with van der Waals surface area (Å²) in [5.74, 6) is 2.10. The smallest absolute Gasteiger partial charge is 0.164 e. The maximum Gasteiger partial charge on any atom is 0.164 e. The molecule has 1 aromatic heterocycles. The van der Waals surface area contributed by atoms with Gasteiger partial charge in [0.1, 0.15) is 17.7 Å². The Hall–Kier alpha value is -2.21. The van der Waals surface area contributed by atoms with Gasteiger partial charge in [-0.3, -0.25) is 0 Å². The van der Waals surface area contributed by atoms with Crippen molar-refractivity contribution in [3.63, 3.8) is 0 Å². The Morgan fingerprint density at radius 2 is 1.65 bits per heavy atom. The van der Waals surface area contributed by atoms with Crippen LogP contribution >= 0.6 is 0 Å². The van der Waals surface area contributed by atoms with Gasteiger partial charge in [0.25, 0.3) is 0 Å². The van der Waals surface area contributed by atoms with Gasteiger partial charge in [-0.05, 0) is 6.07 Å². The van der Waals surface area contributed by atoms with E-state index >= 15 is 0 Å². The van der Waals surface area contributed by atoms with E-state index in [1.54, 1.807) is 43.3 Å². The number of hydrogen-bond donors (Lipinski definition) is 1. The van der Waals surface area contributed by atoms with E-state index in [1.807, 2.05) is 7.05 Å². The Bertz CT molecular complexity index is 595. The zero-order valence-electron chi connectivity index (χ0n) is 12.0. The predicted molar refractivity (Wildman–Crippen MR) is 73.4 cm³/mol. The average Bonchev–Trinajstić information content (AvgIpc) is 2.91. The largest absolute Gasteiger partial charge is 0.496 e. The molecule has 2 rings (SSSR count). The number of imidazole rings is 1. The van der Waals surface area contributed by atoms with Crippen LogP contribution in [-0.2, 0) is 7.05 Å². The number of aliphatic hydroxyl groups is 1. The van der Waals surface area contributed by atoms with Crippen LogP contribution < -0.4 is 14.2 Å². The molecular weight excluding hydrogens is 260 g/mol. The molecule has 2 aromatic rings. The lowest BCUT2D eigenvalue weighted by atomic mass is 10.1. The Morgan fingerprint density at radius 1 is 1.05 bits per heavy atom. The third kappa shape index (κ3) is 2.42. The molecule has 0 saturated heterocycles. The average molecular weight is 278 g/mol. The van der Waals surface area contributed by atoms with E-state index in [9.17, 15) is 5.11 Å². The van der Waals surface area contributed by atoms with Gasteiger partial charge in [-0.15, -0.1) is 0 Å². The van der Waals surface area contributed by atoms with E-state index in [1.165, 1.54) is 7.11 Å². The molecular formula is C14H18N2O4. The van der Waals surface area contributed by atoms with E-state index in [0.29, 0.717) is 28.6 Å². The third-order valence-electron chi connectivity index (χ3n) is 3.13. The number of aryl methyl sites for hydroxylation is 1. The van der Waals surface area contributed by atoms with Gasteiger partial charge in [-0.1, -0.05) is 0 Å². The maximum absolute atomic E-state index is 10.5. The minimum Gasteiger partial charge on any atom is -0.496 e. The second-order valence-corrected chi connectivity index (χ2v) is 4.25. The van der Waals surface area contributed by atoms with Gasteiger partial charge in [0, 0.05) is 31.1 Å². The van der Waals surface area contributed by atoms with Gasteiger partial charge in [0.05, 0.1) is 21.3 Å². The second-order valence-electron chi connectivity index (χ2n) is 4.25. The number of methoxy groups -OCH3 is 3. The van der Waals surface area contributed by atoms with Crippen LogP contribution in [0.25, 0.3) is 0 Å². The van der Waals surface area contributed by atoms with Crippen LogP contribution in [0.15, 0.2) is 24.5 Å². The molecule has 1 unspecified atom stereocenters. The molecule has 1 aromatic carbocycles. The first-order valence-electron chi connectivity index (χ1n) is 6.07. The first kappa shape index (κ1) is 14.2. The quantitative estimate of drug-likeness (QED) is 0.898. The lowest BCUT2D eigenvalue weighted by Crippen LogP contribution is -2.09. The summed E-state index contributed by atoms with van der Waals surface area (Å²) < 4.78 is 17.5. The number of aliphatic hydroxyl groups excluding tert-OH is 1. The minimum absolute atomic E-state index is 0.512. The van der Waals surface area contributed by atoms with Gasteiger partial charge in [-0.25, -0.2) is 4.98 Å². The SMILES string of the molecule is COc1cc(OC)c(C(O)c2nccn2C)cc1OC. The fourth-order valence-corrected chi connectivity index (χ4v) is 2.05. The van der Waals surface area contributed by atoms with Crippen molar-refractivity contribution in [3.05, 3.63) is 35.9 Å². The Morgan fingerprint density at radius 3 is 2.15 bits per heavy atom. The van der Waals surface area contributed by atoms with Crippen molar-refractivity contribution in [1.82, 2.24) is 9.55 Å². The topological polar surface area (TPSA) is 65.7 Å². The Labute approximate surface area is 117 Å². The van der Waals surface area contributed by atoms with Crippen molar-refractivity contribution in [1.29, 1.82) is 0 Å². The molecule has 1 atom stereocenters. The summed E-state index contributed by atoms with van der Waals surface area (Å²) in [7, 11) is 6.45. The highest BCUT2D eigenvalue weighted by molar-refractivity contribution is 5.52. The maximum atomic E-state index is 10.5.